The van der Waals surface area contributed by atoms with Gasteiger partial charge in [0.25, 0.3) is 5.56 Å². The molecule has 0 spiro atoms. The zero-order chi connectivity index (χ0) is 14.2. The van der Waals surface area contributed by atoms with Crippen LogP contribution in [0.2, 0.25) is 0 Å². The Bertz CT molecular complexity index is 580. The summed E-state index contributed by atoms with van der Waals surface area (Å²) < 4.78 is 1.16. The van der Waals surface area contributed by atoms with E-state index >= 15 is 0 Å². The average Bonchev–Trinajstić information content (AvgIpc) is 2.71. The summed E-state index contributed by atoms with van der Waals surface area (Å²) in [6, 6.07) is -0.328. The Labute approximate surface area is 108 Å². The van der Waals surface area contributed by atoms with E-state index in [-0.39, 0.29) is 19.1 Å². The van der Waals surface area contributed by atoms with Crippen LogP contribution >= 0.6 is 0 Å². The van der Waals surface area contributed by atoms with Gasteiger partial charge >= 0.3 is 5.69 Å². The number of hydrogen-bond acceptors (Lipinski definition) is 6. The van der Waals surface area contributed by atoms with Crippen molar-refractivity contribution in [1.82, 2.24) is 14.6 Å². The number of hydroxylamine groups is 2. The quantitative estimate of drug-likeness (QED) is 0.594. The number of likely N-dealkylation sites (N-methyl/N-ethyl adjacent to an activating group) is 1. The third kappa shape index (κ3) is 2.23. The third-order valence-corrected chi connectivity index (χ3v) is 3.40. The van der Waals surface area contributed by atoms with E-state index in [2.05, 4.69) is 4.98 Å². The minimum absolute atomic E-state index is 0.157. The molecule has 0 radical (unpaired) electrons. The minimum Gasteiger partial charge on any atom is -0.395 e. The highest BCUT2D eigenvalue weighted by atomic mass is 16.7. The molecule has 0 bridgehead atoms. The lowest BCUT2D eigenvalue weighted by molar-refractivity contribution is -0.240. The summed E-state index contributed by atoms with van der Waals surface area (Å²) in [5, 5.41) is 20.2. The van der Waals surface area contributed by atoms with E-state index in [4.69, 9.17) is 4.84 Å². The zero-order valence-electron chi connectivity index (χ0n) is 10.8. The van der Waals surface area contributed by atoms with Gasteiger partial charge in [-0.05, 0) is 6.92 Å². The summed E-state index contributed by atoms with van der Waals surface area (Å²) in [5.74, 6) is 0. The smallest absolute Gasteiger partial charge is 0.330 e. The van der Waals surface area contributed by atoms with Gasteiger partial charge in [-0.1, -0.05) is 0 Å². The second-order valence-corrected chi connectivity index (χ2v) is 4.72. The second kappa shape index (κ2) is 4.89. The fraction of sp³-hybridized carbons (Fsp3) is 0.636. The fourth-order valence-electron chi connectivity index (χ4n) is 2.24. The Balaban J connectivity index is 2.52. The van der Waals surface area contributed by atoms with E-state index in [1.807, 2.05) is 0 Å². The second-order valence-electron chi connectivity index (χ2n) is 4.72. The predicted molar refractivity (Wildman–Crippen MR) is 65.5 cm³/mol. The van der Waals surface area contributed by atoms with E-state index < -0.39 is 23.6 Å². The lowest BCUT2D eigenvalue weighted by Gasteiger charge is -2.28. The predicted octanol–water partition coefficient (Wildman–Crippen LogP) is -1.88. The van der Waals surface area contributed by atoms with Crippen molar-refractivity contribution < 1.29 is 15.1 Å². The number of H-pyrrole nitrogens is 1. The van der Waals surface area contributed by atoms with Gasteiger partial charge in [0.2, 0.25) is 0 Å². The third-order valence-electron chi connectivity index (χ3n) is 3.40. The molecule has 2 heterocycles. The number of aromatic amines is 1. The molecule has 8 nitrogen and oxygen atoms in total. The summed E-state index contributed by atoms with van der Waals surface area (Å²) in [6.07, 6.45) is 1.59. The zero-order valence-corrected chi connectivity index (χ0v) is 10.8. The lowest BCUT2D eigenvalue weighted by Crippen LogP contribution is -2.47. The van der Waals surface area contributed by atoms with Gasteiger partial charge in [-0.25, -0.2) is 4.79 Å². The molecule has 106 valence electrons. The van der Waals surface area contributed by atoms with Crippen LogP contribution in [0, 0.1) is 6.92 Å². The molecule has 8 heteroatoms. The van der Waals surface area contributed by atoms with Gasteiger partial charge in [0.1, 0.15) is 0 Å². The molecule has 0 unspecified atom stereocenters. The summed E-state index contributed by atoms with van der Waals surface area (Å²) >= 11 is 0. The van der Waals surface area contributed by atoms with Crippen molar-refractivity contribution >= 4 is 0 Å². The molecule has 0 amide bonds. The topological polar surface area (TPSA) is 108 Å². The molecule has 1 aromatic rings. The summed E-state index contributed by atoms with van der Waals surface area (Å²) in [4.78, 5) is 30.9. The lowest BCUT2D eigenvalue weighted by atomic mass is 10.1. The largest absolute Gasteiger partial charge is 0.395 e. The molecule has 1 aliphatic rings. The molecule has 1 aromatic heterocycles. The maximum atomic E-state index is 11.9. The van der Waals surface area contributed by atoms with Crippen molar-refractivity contribution in [3.63, 3.8) is 0 Å². The highest BCUT2D eigenvalue weighted by molar-refractivity contribution is 5.04. The average molecular weight is 271 g/mol. The molecule has 0 saturated carbocycles. The molecule has 1 saturated heterocycles. The van der Waals surface area contributed by atoms with Crippen molar-refractivity contribution in [2.24, 2.45) is 0 Å². The Morgan fingerprint density at radius 1 is 1.53 bits per heavy atom. The molecular formula is C11H17N3O5. The van der Waals surface area contributed by atoms with Gasteiger partial charge in [0.05, 0.1) is 19.3 Å². The monoisotopic (exact) mass is 271 g/mol. The highest BCUT2D eigenvalue weighted by Gasteiger charge is 2.46. The number of nitrogens with zero attached hydrogens (tertiary/aromatic N) is 2. The highest BCUT2D eigenvalue weighted by Crippen LogP contribution is 2.32. The fourth-order valence-corrected chi connectivity index (χ4v) is 2.24. The molecule has 1 aliphatic heterocycles. The number of rotatable bonds is 3. The van der Waals surface area contributed by atoms with Crippen LogP contribution in [0.15, 0.2) is 15.8 Å². The van der Waals surface area contributed by atoms with Crippen LogP contribution in [0.1, 0.15) is 12.0 Å². The van der Waals surface area contributed by atoms with Gasteiger partial charge in [0.15, 0.2) is 5.72 Å². The number of aromatic nitrogens is 2. The first-order valence-electron chi connectivity index (χ1n) is 5.90. The van der Waals surface area contributed by atoms with Crippen molar-refractivity contribution in [3.8, 4) is 0 Å². The normalized spacial score (nSPS) is 27.9. The van der Waals surface area contributed by atoms with Crippen LogP contribution in [0.25, 0.3) is 0 Å². The molecule has 2 rings (SSSR count). The van der Waals surface area contributed by atoms with Crippen LogP contribution < -0.4 is 11.2 Å². The number of aliphatic hydroxyl groups excluding tert-OH is 2. The molecule has 2 atom stereocenters. The molecular weight excluding hydrogens is 254 g/mol. The van der Waals surface area contributed by atoms with E-state index in [1.54, 1.807) is 14.0 Å². The molecule has 0 aromatic carbocycles. The van der Waals surface area contributed by atoms with Crippen LogP contribution in [-0.2, 0) is 10.6 Å². The minimum atomic E-state index is -1.30. The van der Waals surface area contributed by atoms with E-state index in [1.165, 1.54) is 11.3 Å². The van der Waals surface area contributed by atoms with Gasteiger partial charge in [-0.2, -0.15) is 5.06 Å². The van der Waals surface area contributed by atoms with Gasteiger partial charge in [-0.15, -0.1) is 0 Å². The van der Waals surface area contributed by atoms with Crippen LogP contribution in [0.3, 0.4) is 0 Å². The molecule has 0 aliphatic carbocycles. The standard InChI is InChI=1S/C11H17N3O5/c1-7-4-14(10(18)12-9(7)17)11(6-16)3-8(5-15)13(2)19-11/h4,8,15-16H,3,5-6H2,1-2H3,(H,12,17,18)/t8-,11-/m1/s1. The first-order valence-corrected chi connectivity index (χ1v) is 5.90. The van der Waals surface area contributed by atoms with Crippen molar-refractivity contribution in [2.75, 3.05) is 20.3 Å². The first kappa shape index (κ1) is 13.9. The van der Waals surface area contributed by atoms with Crippen LogP contribution in [0.5, 0.6) is 0 Å². The van der Waals surface area contributed by atoms with Crippen molar-refractivity contribution in [2.45, 2.75) is 25.1 Å². The molecule has 1 fully saturated rings. The van der Waals surface area contributed by atoms with Gasteiger partial charge in [0, 0.05) is 25.2 Å². The number of aryl methyl sites for hydroxylation is 1. The van der Waals surface area contributed by atoms with Gasteiger partial charge < -0.3 is 10.2 Å². The maximum absolute atomic E-state index is 11.9. The number of hydrogen-bond donors (Lipinski definition) is 3. The van der Waals surface area contributed by atoms with E-state index in [0.717, 1.165) is 4.57 Å². The number of aliphatic hydroxyl groups is 2. The Kier molecular flexibility index (Phi) is 3.59. The number of nitrogens with one attached hydrogen (secondary N) is 1. The Morgan fingerprint density at radius 3 is 2.74 bits per heavy atom. The van der Waals surface area contributed by atoms with Crippen LogP contribution in [0.4, 0.5) is 0 Å². The Hall–Kier alpha value is -1.48. The Morgan fingerprint density at radius 2 is 2.21 bits per heavy atom. The summed E-state index contributed by atoms with van der Waals surface area (Å²) in [5.41, 5.74) is -2.09. The molecule has 3 N–H and O–H groups in total. The van der Waals surface area contributed by atoms with Crippen molar-refractivity contribution in [3.05, 3.63) is 32.6 Å². The SMILES string of the molecule is Cc1cn([C@]2(CO)C[C@H](CO)N(C)O2)c(=O)[nH]c1=O. The maximum Gasteiger partial charge on any atom is 0.330 e. The first-order chi connectivity index (χ1) is 8.93. The molecule has 19 heavy (non-hydrogen) atoms. The van der Waals surface area contributed by atoms with E-state index in [9.17, 15) is 19.8 Å². The van der Waals surface area contributed by atoms with Crippen molar-refractivity contribution in [1.29, 1.82) is 0 Å². The van der Waals surface area contributed by atoms with Gasteiger partial charge in [-0.3, -0.25) is 19.2 Å². The summed E-state index contributed by atoms with van der Waals surface area (Å²) in [6.45, 7) is 0.955. The van der Waals surface area contributed by atoms with E-state index in [0.29, 0.717) is 5.56 Å². The van der Waals surface area contributed by atoms with Crippen LogP contribution in [-0.4, -0.2) is 51.1 Å². The summed E-state index contributed by atoms with van der Waals surface area (Å²) in [7, 11) is 1.61.